The lowest BCUT2D eigenvalue weighted by atomic mass is 10.1. The van der Waals surface area contributed by atoms with E-state index < -0.39 is 0 Å². The number of benzene rings is 2. The first kappa shape index (κ1) is 21.1. The van der Waals surface area contributed by atoms with Crippen LogP contribution in [0.15, 0.2) is 54.6 Å². The second-order valence-corrected chi connectivity index (χ2v) is 8.46. The van der Waals surface area contributed by atoms with E-state index in [4.69, 9.17) is 14.7 Å². The molecule has 7 nitrogen and oxygen atoms in total. The highest BCUT2D eigenvalue weighted by atomic mass is 16.5. The lowest BCUT2D eigenvalue weighted by molar-refractivity contribution is -0.117. The average Bonchev–Trinajstić information content (AvgIpc) is 3.45. The second kappa shape index (κ2) is 8.65. The van der Waals surface area contributed by atoms with Gasteiger partial charge in [0.25, 0.3) is 5.91 Å². The van der Waals surface area contributed by atoms with Crippen LogP contribution in [0.1, 0.15) is 51.9 Å². The summed E-state index contributed by atoms with van der Waals surface area (Å²) in [6.07, 6.45) is 1.98. The van der Waals surface area contributed by atoms with Crippen LogP contribution < -0.4 is 9.64 Å². The van der Waals surface area contributed by atoms with Gasteiger partial charge in [0.15, 0.2) is 5.82 Å². The first-order valence-corrected chi connectivity index (χ1v) is 11.2. The van der Waals surface area contributed by atoms with Gasteiger partial charge in [-0.3, -0.25) is 14.5 Å². The smallest absolute Gasteiger partial charge is 0.254 e. The number of rotatable bonds is 5. The minimum atomic E-state index is -0.203. The number of fused-ring (bicyclic) bond motifs is 1. The van der Waals surface area contributed by atoms with E-state index in [0.29, 0.717) is 30.3 Å². The zero-order valence-electron chi connectivity index (χ0n) is 18.8. The number of aryl methyl sites for hydroxylation is 1. The predicted molar refractivity (Wildman–Crippen MR) is 124 cm³/mol. The maximum Gasteiger partial charge on any atom is 0.254 e. The molecule has 0 bridgehead atoms. The van der Waals surface area contributed by atoms with Crippen molar-refractivity contribution >= 4 is 17.6 Å². The number of carbonyl (C=O) groups excluding carboxylic acids is 2. The number of hydrogen-bond acceptors (Lipinski definition) is 5. The summed E-state index contributed by atoms with van der Waals surface area (Å²) >= 11 is 0. The van der Waals surface area contributed by atoms with E-state index in [1.165, 1.54) is 0 Å². The van der Waals surface area contributed by atoms with E-state index in [0.717, 1.165) is 35.4 Å². The monoisotopic (exact) mass is 442 g/mol. The molecule has 0 aliphatic carbocycles. The van der Waals surface area contributed by atoms with E-state index in [-0.39, 0.29) is 24.3 Å². The molecule has 2 aliphatic heterocycles. The van der Waals surface area contributed by atoms with Gasteiger partial charge in [-0.05, 0) is 38.0 Å². The van der Waals surface area contributed by atoms with Crippen LogP contribution in [0.25, 0.3) is 0 Å². The number of nitrogens with zero attached hydrogens (tertiary/aromatic N) is 4. The normalized spacial score (nSPS) is 17.4. The van der Waals surface area contributed by atoms with Crippen LogP contribution in [-0.4, -0.2) is 40.3 Å². The van der Waals surface area contributed by atoms with Crippen molar-refractivity contribution in [1.82, 2.24) is 14.9 Å². The van der Waals surface area contributed by atoms with E-state index >= 15 is 0 Å². The fourth-order valence-corrected chi connectivity index (χ4v) is 4.74. The SMILES string of the molecule is COc1ccccc1CN1C(=O)Cc2c(C)nc([C@H]3CCCN3C(=O)c3ccccc3)nc21. The second-order valence-electron chi connectivity index (χ2n) is 8.46. The van der Waals surface area contributed by atoms with Crippen molar-refractivity contribution in [2.75, 3.05) is 18.6 Å². The van der Waals surface area contributed by atoms with Crippen LogP contribution in [0, 0.1) is 6.92 Å². The Kier molecular flexibility index (Phi) is 5.54. The van der Waals surface area contributed by atoms with Crippen molar-refractivity contribution in [2.24, 2.45) is 0 Å². The lowest BCUT2D eigenvalue weighted by Gasteiger charge is -2.25. The molecular formula is C26H26N4O3. The van der Waals surface area contributed by atoms with Crippen molar-refractivity contribution in [1.29, 1.82) is 0 Å². The molecule has 0 spiro atoms. The number of para-hydroxylation sites is 1. The Bertz CT molecular complexity index is 1210. The minimum Gasteiger partial charge on any atom is -0.496 e. The van der Waals surface area contributed by atoms with Gasteiger partial charge >= 0.3 is 0 Å². The van der Waals surface area contributed by atoms with E-state index in [1.807, 2.05) is 66.4 Å². The first-order chi connectivity index (χ1) is 16.1. The van der Waals surface area contributed by atoms with Gasteiger partial charge in [0.2, 0.25) is 5.91 Å². The Morgan fingerprint density at radius 3 is 2.64 bits per heavy atom. The number of aromatic nitrogens is 2. The Hall–Kier alpha value is -3.74. The molecule has 5 rings (SSSR count). The molecule has 2 aromatic carbocycles. The molecule has 3 heterocycles. The molecule has 1 saturated heterocycles. The molecular weight excluding hydrogens is 416 g/mol. The zero-order valence-corrected chi connectivity index (χ0v) is 18.8. The molecule has 0 N–H and O–H groups in total. The summed E-state index contributed by atoms with van der Waals surface area (Å²) in [5, 5.41) is 0. The molecule has 1 atom stereocenters. The van der Waals surface area contributed by atoms with Crippen molar-refractivity contribution in [2.45, 2.75) is 38.8 Å². The molecule has 0 unspecified atom stereocenters. The van der Waals surface area contributed by atoms with Gasteiger partial charge in [0.05, 0.1) is 26.1 Å². The quantitative estimate of drug-likeness (QED) is 0.600. The molecule has 2 aliphatic rings. The fraction of sp³-hybridized carbons (Fsp3) is 0.308. The van der Waals surface area contributed by atoms with Crippen LogP contribution in [0.2, 0.25) is 0 Å². The highest BCUT2D eigenvalue weighted by molar-refractivity contribution is 6.00. The van der Waals surface area contributed by atoms with Gasteiger partial charge in [-0.1, -0.05) is 36.4 Å². The first-order valence-electron chi connectivity index (χ1n) is 11.2. The largest absolute Gasteiger partial charge is 0.496 e. The van der Waals surface area contributed by atoms with Crippen molar-refractivity contribution < 1.29 is 14.3 Å². The molecule has 7 heteroatoms. The van der Waals surface area contributed by atoms with Crippen LogP contribution in [0.3, 0.4) is 0 Å². The van der Waals surface area contributed by atoms with E-state index in [2.05, 4.69) is 0 Å². The van der Waals surface area contributed by atoms with Crippen LogP contribution in [0.4, 0.5) is 5.82 Å². The Balaban J connectivity index is 1.48. The molecule has 0 saturated carbocycles. The highest BCUT2D eigenvalue weighted by Crippen LogP contribution is 2.36. The molecule has 2 amide bonds. The van der Waals surface area contributed by atoms with Gasteiger partial charge < -0.3 is 9.64 Å². The molecule has 1 fully saturated rings. The minimum absolute atomic E-state index is 0.00547. The number of likely N-dealkylation sites (tertiary alicyclic amines) is 1. The third kappa shape index (κ3) is 3.84. The third-order valence-electron chi connectivity index (χ3n) is 6.45. The summed E-state index contributed by atoms with van der Waals surface area (Å²) in [6, 6.07) is 16.8. The van der Waals surface area contributed by atoms with Crippen LogP contribution >= 0.6 is 0 Å². The van der Waals surface area contributed by atoms with Gasteiger partial charge in [-0.15, -0.1) is 0 Å². The number of anilines is 1. The van der Waals surface area contributed by atoms with Gasteiger partial charge in [-0.25, -0.2) is 9.97 Å². The number of hydrogen-bond donors (Lipinski definition) is 0. The number of amides is 2. The predicted octanol–water partition coefficient (Wildman–Crippen LogP) is 3.86. The highest BCUT2D eigenvalue weighted by Gasteiger charge is 2.36. The molecule has 1 aromatic heterocycles. The molecule has 168 valence electrons. The standard InChI is InChI=1S/C26H26N4O3/c1-17-20-15-23(31)30(16-19-11-6-7-13-22(19)33-2)25(20)28-24(27-17)21-12-8-14-29(21)26(32)18-9-4-3-5-10-18/h3-7,9-11,13,21H,8,12,14-16H2,1-2H3/t21-/m1/s1. The summed E-state index contributed by atoms with van der Waals surface area (Å²) in [6.45, 7) is 2.97. The fourth-order valence-electron chi connectivity index (χ4n) is 4.74. The molecule has 33 heavy (non-hydrogen) atoms. The summed E-state index contributed by atoms with van der Waals surface area (Å²) in [7, 11) is 1.63. The zero-order chi connectivity index (χ0) is 22.9. The molecule has 0 radical (unpaired) electrons. The maximum absolute atomic E-state index is 13.2. The van der Waals surface area contributed by atoms with Crippen molar-refractivity contribution in [3.05, 3.63) is 82.8 Å². The number of methoxy groups -OCH3 is 1. The maximum atomic E-state index is 13.2. The molecule has 3 aromatic rings. The average molecular weight is 443 g/mol. The van der Waals surface area contributed by atoms with E-state index in [1.54, 1.807) is 12.0 Å². The topological polar surface area (TPSA) is 75.6 Å². The summed E-state index contributed by atoms with van der Waals surface area (Å²) < 4.78 is 5.48. The van der Waals surface area contributed by atoms with E-state index in [9.17, 15) is 9.59 Å². The Morgan fingerprint density at radius 2 is 1.85 bits per heavy atom. The van der Waals surface area contributed by atoms with Crippen molar-refractivity contribution in [3.8, 4) is 5.75 Å². The number of ether oxygens (including phenoxy) is 1. The Labute approximate surface area is 193 Å². The summed E-state index contributed by atoms with van der Waals surface area (Å²) in [4.78, 5) is 39.3. The summed E-state index contributed by atoms with van der Waals surface area (Å²) in [5.74, 6) is 1.97. The van der Waals surface area contributed by atoms with Crippen LogP contribution in [0.5, 0.6) is 5.75 Å². The van der Waals surface area contributed by atoms with Gasteiger partial charge in [-0.2, -0.15) is 0 Å². The Morgan fingerprint density at radius 1 is 1.09 bits per heavy atom. The van der Waals surface area contributed by atoms with Crippen molar-refractivity contribution in [3.63, 3.8) is 0 Å². The van der Waals surface area contributed by atoms with Gasteiger partial charge in [0.1, 0.15) is 11.6 Å². The van der Waals surface area contributed by atoms with Gasteiger partial charge in [0, 0.05) is 28.9 Å². The summed E-state index contributed by atoms with van der Waals surface area (Å²) in [5.41, 5.74) is 3.23. The third-order valence-corrected chi connectivity index (χ3v) is 6.45. The van der Waals surface area contributed by atoms with Crippen LogP contribution in [-0.2, 0) is 17.8 Å². The lowest BCUT2D eigenvalue weighted by Crippen LogP contribution is -2.32. The number of carbonyl (C=O) groups is 2.